The second-order valence-corrected chi connectivity index (χ2v) is 4.79. The monoisotopic (exact) mass is 234 g/mol. The molecule has 0 bridgehead atoms. The first-order valence-corrected chi connectivity index (χ1v) is 6.30. The highest BCUT2D eigenvalue weighted by atomic mass is 16.5. The van der Waals surface area contributed by atoms with Gasteiger partial charge in [-0.15, -0.1) is 0 Å². The Labute approximate surface area is 101 Å². The first kappa shape index (κ1) is 11.0. The number of hydrogen-bond donors (Lipinski definition) is 1. The van der Waals surface area contributed by atoms with Crippen LogP contribution in [0.4, 0.5) is 0 Å². The van der Waals surface area contributed by atoms with Crippen LogP contribution >= 0.6 is 0 Å². The lowest BCUT2D eigenvalue weighted by atomic mass is 10.1. The molecular weight excluding hydrogens is 216 g/mol. The molecule has 2 aliphatic rings. The number of nitrogens with zero attached hydrogens (tertiary/aromatic N) is 1. The molecule has 0 amide bonds. The fourth-order valence-corrected chi connectivity index (χ4v) is 2.73. The summed E-state index contributed by atoms with van der Waals surface area (Å²) >= 11 is 0. The largest absolute Gasteiger partial charge is 0.477 e. The predicted octanol–water partition coefficient (Wildman–Crippen LogP) is 1.23. The Kier molecular flexibility index (Phi) is 3.25. The minimum Gasteiger partial charge on any atom is -0.477 e. The van der Waals surface area contributed by atoms with Gasteiger partial charge in [0.15, 0.2) is 0 Å². The maximum atomic E-state index is 5.75. The van der Waals surface area contributed by atoms with Crippen molar-refractivity contribution in [2.75, 3.05) is 19.8 Å². The average Bonchev–Trinajstić information content (AvgIpc) is 2.80. The van der Waals surface area contributed by atoms with Crippen LogP contribution in [0.2, 0.25) is 0 Å². The van der Waals surface area contributed by atoms with Gasteiger partial charge in [0.05, 0.1) is 19.3 Å². The van der Waals surface area contributed by atoms with Crippen LogP contribution in [-0.4, -0.2) is 36.9 Å². The number of pyridine rings is 1. The maximum Gasteiger partial charge on any atom is 0.213 e. The van der Waals surface area contributed by atoms with Crippen molar-refractivity contribution in [3.05, 3.63) is 24.4 Å². The van der Waals surface area contributed by atoms with Crippen molar-refractivity contribution in [2.45, 2.75) is 25.0 Å². The molecule has 1 saturated carbocycles. The Balaban J connectivity index is 1.50. The standard InChI is InChI=1S/C13H18N2O2/c1-2-4-15-13(3-1)17-9-10-7-11-12(8-10)16-6-5-14-11/h1-4,10-12,14H,5-9H2/t10-,11+,12+/m1/s1. The number of aromatic nitrogens is 1. The summed E-state index contributed by atoms with van der Waals surface area (Å²) in [6, 6.07) is 6.27. The summed E-state index contributed by atoms with van der Waals surface area (Å²) in [6.45, 7) is 2.57. The third kappa shape index (κ3) is 2.58. The van der Waals surface area contributed by atoms with Gasteiger partial charge in [0.2, 0.25) is 5.88 Å². The molecule has 92 valence electrons. The topological polar surface area (TPSA) is 43.4 Å². The van der Waals surface area contributed by atoms with Crippen LogP contribution in [0.3, 0.4) is 0 Å². The van der Waals surface area contributed by atoms with Crippen LogP contribution in [0.15, 0.2) is 24.4 Å². The molecule has 1 aromatic heterocycles. The van der Waals surface area contributed by atoms with Crippen molar-refractivity contribution in [2.24, 2.45) is 5.92 Å². The van der Waals surface area contributed by atoms with Gasteiger partial charge in [-0.05, 0) is 24.8 Å². The molecule has 0 aromatic carbocycles. The highest BCUT2D eigenvalue weighted by Gasteiger charge is 2.36. The minimum absolute atomic E-state index is 0.390. The summed E-state index contributed by atoms with van der Waals surface area (Å²) in [6.07, 6.45) is 4.40. The molecule has 1 saturated heterocycles. The normalized spacial score (nSPS) is 32.1. The van der Waals surface area contributed by atoms with E-state index >= 15 is 0 Å². The number of fused-ring (bicyclic) bond motifs is 1. The zero-order chi connectivity index (χ0) is 11.5. The van der Waals surface area contributed by atoms with Crippen molar-refractivity contribution in [3.8, 4) is 5.88 Å². The van der Waals surface area contributed by atoms with Crippen LogP contribution in [0, 0.1) is 5.92 Å². The third-order valence-corrected chi connectivity index (χ3v) is 3.55. The molecule has 2 fully saturated rings. The molecule has 0 radical (unpaired) electrons. The summed E-state index contributed by atoms with van der Waals surface area (Å²) in [5.74, 6) is 1.30. The van der Waals surface area contributed by atoms with Crippen LogP contribution < -0.4 is 10.1 Å². The summed E-state index contributed by atoms with van der Waals surface area (Å²) in [5, 5.41) is 3.51. The number of ether oxygens (including phenoxy) is 2. The highest BCUT2D eigenvalue weighted by molar-refractivity contribution is 5.09. The molecule has 3 rings (SSSR count). The second-order valence-electron chi connectivity index (χ2n) is 4.79. The molecule has 1 aromatic rings. The van der Waals surface area contributed by atoms with Gasteiger partial charge in [0.1, 0.15) is 0 Å². The van der Waals surface area contributed by atoms with Gasteiger partial charge < -0.3 is 14.8 Å². The molecule has 3 atom stereocenters. The van der Waals surface area contributed by atoms with Crippen LogP contribution in [0.25, 0.3) is 0 Å². The molecule has 2 heterocycles. The fraction of sp³-hybridized carbons (Fsp3) is 0.615. The van der Waals surface area contributed by atoms with Gasteiger partial charge in [-0.2, -0.15) is 0 Å². The maximum absolute atomic E-state index is 5.75. The second kappa shape index (κ2) is 5.02. The van der Waals surface area contributed by atoms with Gasteiger partial charge in [0.25, 0.3) is 0 Å². The van der Waals surface area contributed by atoms with E-state index in [9.17, 15) is 0 Å². The Bertz CT molecular complexity index is 344. The molecule has 1 N–H and O–H groups in total. The van der Waals surface area contributed by atoms with E-state index in [0.29, 0.717) is 18.1 Å². The lowest BCUT2D eigenvalue weighted by Crippen LogP contribution is -2.44. The van der Waals surface area contributed by atoms with Crippen LogP contribution in [-0.2, 0) is 4.74 Å². The van der Waals surface area contributed by atoms with E-state index in [1.807, 2.05) is 18.2 Å². The molecule has 1 aliphatic heterocycles. The number of morpholine rings is 1. The molecule has 1 aliphatic carbocycles. The smallest absolute Gasteiger partial charge is 0.213 e. The lowest BCUT2D eigenvalue weighted by molar-refractivity contribution is 0.00963. The van der Waals surface area contributed by atoms with Gasteiger partial charge >= 0.3 is 0 Å². The Morgan fingerprint density at radius 3 is 3.24 bits per heavy atom. The van der Waals surface area contributed by atoms with Crippen LogP contribution in [0.5, 0.6) is 5.88 Å². The van der Waals surface area contributed by atoms with E-state index < -0.39 is 0 Å². The van der Waals surface area contributed by atoms with Gasteiger partial charge in [-0.25, -0.2) is 4.98 Å². The number of nitrogens with one attached hydrogen (secondary N) is 1. The fourth-order valence-electron chi connectivity index (χ4n) is 2.73. The van der Waals surface area contributed by atoms with Crippen molar-refractivity contribution in [1.29, 1.82) is 0 Å². The zero-order valence-electron chi connectivity index (χ0n) is 9.84. The first-order valence-electron chi connectivity index (χ1n) is 6.30. The summed E-state index contributed by atoms with van der Waals surface area (Å²) in [4.78, 5) is 4.16. The first-order chi connectivity index (χ1) is 8.42. The van der Waals surface area contributed by atoms with E-state index in [4.69, 9.17) is 9.47 Å². The Morgan fingerprint density at radius 1 is 1.41 bits per heavy atom. The number of hydrogen-bond acceptors (Lipinski definition) is 4. The van der Waals surface area contributed by atoms with Gasteiger partial charge in [0, 0.05) is 24.8 Å². The molecule has 0 unspecified atom stereocenters. The van der Waals surface area contributed by atoms with Gasteiger partial charge in [-0.1, -0.05) is 6.07 Å². The number of rotatable bonds is 3. The summed E-state index contributed by atoms with van der Waals surface area (Å²) in [5.41, 5.74) is 0. The predicted molar refractivity (Wildman–Crippen MR) is 64.0 cm³/mol. The van der Waals surface area contributed by atoms with Gasteiger partial charge in [-0.3, -0.25) is 0 Å². The van der Waals surface area contributed by atoms with E-state index in [0.717, 1.165) is 38.5 Å². The van der Waals surface area contributed by atoms with E-state index in [1.165, 1.54) is 0 Å². The van der Waals surface area contributed by atoms with E-state index in [-0.39, 0.29) is 0 Å². The Morgan fingerprint density at radius 2 is 2.41 bits per heavy atom. The Hall–Kier alpha value is -1.13. The quantitative estimate of drug-likeness (QED) is 0.854. The SMILES string of the molecule is c1ccc(OC[C@@H]2C[C@@H]3NCCO[C@H]3C2)nc1. The highest BCUT2D eigenvalue weighted by Crippen LogP contribution is 2.30. The minimum atomic E-state index is 0.390. The molecule has 4 heteroatoms. The van der Waals surface area contributed by atoms with E-state index in [2.05, 4.69) is 10.3 Å². The summed E-state index contributed by atoms with van der Waals surface area (Å²) < 4.78 is 11.5. The molecular formula is C13H18N2O2. The van der Waals surface area contributed by atoms with Crippen LogP contribution in [0.1, 0.15) is 12.8 Å². The lowest BCUT2D eigenvalue weighted by Gasteiger charge is -2.26. The molecule has 4 nitrogen and oxygen atoms in total. The van der Waals surface area contributed by atoms with Crippen molar-refractivity contribution < 1.29 is 9.47 Å². The summed E-state index contributed by atoms with van der Waals surface area (Å²) in [7, 11) is 0. The molecule has 17 heavy (non-hydrogen) atoms. The third-order valence-electron chi connectivity index (χ3n) is 3.55. The van der Waals surface area contributed by atoms with Crippen molar-refractivity contribution in [3.63, 3.8) is 0 Å². The average molecular weight is 234 g/mol. The van der Waals surface area contributed by atoms with Crippen molar-refractivity contribution >= 4 is 0 Å². The zero-order valence-corrected chi connectivity index (χ0v) is 9.84. The van der Waals surface area contributed by atoms with E-state index in [1.54, 1.807) is 6.20 Å². The van der Waals surface area contributed by atoms with Crippen molar-refractivity contribution in [1.82, 2.24) is 10.3 Å². The molecule has 0 spiro atoms.